The largest absolute Gasteiger partial charge is 0.394 e. The number of rotatable bonds is 5. The summed E-state index contributed by atoms with van der Waals surface area (Å²) in [6.07, 6.45) is 2.57. The Kier molecular flexibility index (Phi) is 5.15. The lowest BCUT2D eigenvalue weighted by molar-refractivity contribution is 0.0920. The number of carbonyl (C=O) groups is 1. The molecule has 1 atom stereocenters. The number of nitrogens with zero attached hydrogens (tertiary/aromatic N) is 3. The first kappa shape index (κ1) is 17.8. The van der Waals surface area contributed by atoms with Gasteiger partial charge in [-0.15, -0.1) is 0 Å². The first-order chi connectivity index (χ1) is 12.5. The van der Waals surface area contributed by atoms with Crippen LogP contribution in [-0.4, -0.2) is 38.6 Å². The molecule has 134 valence electrons. The molecule has 2 N–H and O–H groups in total. The van der Waals surface area contributed by atoms with Gasteiger partial charge in [0.25, 0.3) is 11.5 Å². The summed E-state index contributed by atoms with van der Waals surface area (Å²) in [5.74, 6) is -0.612. The summed E-state index contributed by atoms with van der Waals surface area (Å²) in [7, 11) is 0. The molecule has 1 unspecified atom stereocenters. The highest BCUT2D eigenvalue weighted by Crippen LogP contribution is 2.20. The van der Waals surface area contributed by atoms with Gasteiger partial charge in [0.2, 0.25) is 0 Å². The maximum absolute atomic E-state index is 12.7. The Balaban J connectivity index is 2.15. The van der Waals surface area contributed by atoms with Crippen LogP contribution < -0.4 is 10.9 Å². The highest BCUT2D eigenvalue weighted by molar-refractivity contribution is 6.30. The van der Waals surface area contributed by atoms with E-state index in [0.717, 1.165) is 4.68 Å². The molecule has 26 heavy (non-hydrogen) atoms. The number of aliphatic hydroxyl groups excluding tert-OH is 1. The number of benzene rings is 1. The Morgan fingerprint density at radius 1 is 1.38 bits per heavy atom. The topological polar surface area (TPSA) is 110 Å². The Bertz CT molecular complexity index is 967. The number of halogens is 1. The summed E-state index contributed by atoms with van der Waals surface area (Å²) < 4.78 is 5.81. The summed E-state index contributed by atoms with van der Waals surface area (Å²) in [6, 6.07) is 7.71. The fourth-order valence-electron chi connectivity index (χ4n) is 2.25. The average molecular weight is 375 g/mol. The van der Waals surface area contributed by atoms with Gasteiger partial charge >= 0.3 is 0 Å². The van der Waals surface area contributed by atoms with Crippen LogP contribution in [0.25, 0.3) is 16.9 Å². The molecule has 0 saturated heterocycles. The van der Waals surface area contributed by atoms with Gasteiger partial charge in [0.15, 0.2) is 0 Å². The molecular weight excluding hydrogens is 360 g/mol. The highest BCUT2D eigenvalue weighted by Gasteiger charge is 2.19. The van der Waals surface area contributed by atoms with Crippen LogP contribution in [0.5, 0.6) is 0 Å². The van der Waals surface area contributed by atoms with Crippen molar-refractivity contribution in [1.29, 1.82) is 0 Å². The minimum Gasteiger partial charge on any atom is -0.394 e. The highest BCUT2D eigenvalue weighted by atomic mass is 35.5. The molecule has 9 heteroatoms. The van der Waals surface area contributed by atoms with Gasteiger partial charge in [-0.05, 0) is 25.1 Å². The van der Waals surface area contributed by atoms with Gasteiger partial charge in [0, 0.05) is 16.6 Å². The first-order valence-corrected chi connectivity index (χ1v) is 8.09. The van der Waals surface area contributed by atoms with Crippen LogP contribution in [0.15, 0.2) is 52.1 Å². The van der Waals surface area contributed by atoms with E-state index in [2.05, 4.69) is 15.6 Å². The van der Waals surface area contributed by atoms with Crippen molar-refractivity contribution in [3.8, 4) is 16.9 Å². The second-order valence-electron chi connectivity index (χ2n) is 5.61. The average Bonchev–Trinajstić information content (AvgIpc) is 3.17. The minimum absolute atomic E-state index is 0.119. The van der Waals surface area contributed by atoms with Gasteiger partial charge in [-0.1, -0.05) is 28.9 Å². The summed E-state index contributed by atoms with van der Waals surface area (Å²) >= 11 is 5.91. The summed E-state index contributed by atoms with van der Waals surface area (Å²) in [4.78, 5) is 25.2. The molecule has 3 aromatic rings. The standard InChI is InChI=1S/C17H15ClN4O4/c1-10(8-23)20-16(24)14-6-15(11-2-4-12(18)5-3-11)21-22(17(14)25)13-7-19-26-9-13/h2-7,9-10,23H,8H2,1H3,(H,20,24). The van der Waals surface area contributed by atoms with E-state index in [1.807, 2.05) is 0 Å². The summed E-state index contributed by atoms with van der Waals surface area (Å²) in [5, 5.41) is 20.1. The lowest BCUT2D eigenvalue weighted by atomic mass is 10.1. The van der Waals surface area contributed by atoms with E-state index >= 15 is 0 Å². The predicted molar refractivity (Wildman–Crippen MR) is 94.4 cm³/mol. The molecule has 3 rings (SSSR count). The molecule has 0 aliphatic rings. The molecule has 1 amide bonds. The van der Waals surface area contributed by atoms with E-state index < -0.39 is 17.5 Å². The van der Waals surface area contributed by atoms with Crippen molar-refractivity contribution in [3.63, 3.8) is 0 Å². The zero-order chi connectivity index (χ0) is 18.7. The van der Waals surface area contributed by atoms with Crippen LogP contribution in [0.1, 0.15) is 17.3 Å². The lowest BCUT2D eigenvalue weighted by Gasteiger charge is -2.12. The fraction of sp³-hybridized carbons (Fsp3) is 0.176. The van der Waals surface area contributed by atoms with E-state index in [9.17, 15) is 9.59 Å². The third kappa shape index (κ3) is 3.66. The van der Waals surface area contributed by atoms with Crippen molar-refractivity contribution in [2.24, 2.45) is 0 Å². The molecule has 2 aromatic heterocycles. The Labute approximate surface area is 153 Å². The maximum Gasteiger partial charge on any atom is 0.284 e. The quantitative estimate of drug-likeness (QED) is 0.702. The van der Waals surface area contributed by atoms with Crippen LogP contribution in [0, 0.1) is 0 Å². The molecule has 0 fully saturated rings. The predicted octanol–water partition coefficient (Wildman–Crippen LogP) is 1.65. The number of amides is 1. The summed E-state index contributed by atoms with van der Waals surface area (Å²) in [5.41, 5.74) is 0.600. The number of aromatic nitrogens is 3. The molecule has 0 radical (unpaired) electrons. The molecule has 0 bridgehead atoms. The minimum atomic E-state index is -0.631. The fourth-order valence-corrected chi connectivity index (χ4v) is 2.37. The zero-order valence-electron chi connectivity index (χ0n) is 13.7. The number of carbonyl (C=O) groups excluding carboxylic acids is 1. The van der Waals surface area contributed by atoms with Gasteiger partial charge in [-0.2, -0.15) is 9.78 Å². The molecule has 0 spiro atoms. The van der Waals surface area contributed by atoms with Crippen LogP contribution in [0.4, 0.5) is 0 Å². The first-order valence-electron chi connectivity index (χ1n) is 7.71. The van der Waals surface area contributed by atoms with Gasteiger partial charge in [0.1, 0.15) is 17.5 Å². The van der Waals surface area contributed by atoms with Crippen molar-refractivity contribution in [3.05, 3.63) is 63.7 Å². The number of hydrogen-bond acceptors (Lipinski definition) is 6. The van der Waals surface area contributed by atoms with Crippen molar-refractivity contribution in [1.82, 2.24) is 20.3 Å². The van der Waals surface area contributed by atoms with E-state index in [4.69, 9.17) is 21.2 Å². The SMILES string of the molecule is CC(CO)NC(=O)c1cc(-c2ccc(Cl)cc2)nn(-c2cnoc2)c1=O. The monoisotopic (exact) mass is 374 g/mol. The third-order valence-electron chi connectivity index (χ3n) is 3.61. The van der Waals surface area contributed by atoms with E-state index in [-0.39, 0.29) is 17.9 Å². The summed E-state index contributed by atoms with van der Waals surface area (Å²) in [6.45, 7) is 1.37. The van der Waals surface area contributed by atoms with Crippen molar-refractivity contribution >= 4 is 17.5 Å². The molecule has 0 saturated carbocycles. The maximum atomic E-state index is 12.7. The van der Waals surface area contributed by atoms with E-state index in [1.54, 1.807) is 31.2 Å². The van der Waals surface area contributed by atoms with Crippen LogP contribution >= 0.6 is 11.6 Å². The van der Waals surface area contributed by atoms with Gasteiger partial charge in [-0.25, -0.2) is 0 Å². The molecule has 1 aromatic carbocycles. The molecule has 8 nitrogen and oxygen atoms in total. The van der Waals surface area contributed by atoms with Gasteiger partial charge < -0.3 is 14.9 Å². The molecule has 2 heterocycles. The van der Waals surface area contributed by atoms with Gasteiger partial charge in [-0.3, -0.25) is 9.59 Å². The number of nitrogens with one attached hydrogen (secondary N) is 1. The second-order valence-corrected chi connectivity index (χ2v) is 6.04. The molecule has 0 aliphatic heterocycles. The second kappa shape index (κ2) is 7.51. The van der Waals surface area contributed by atoms with E-state index in [0.29, 0.717) is 16.3 Å². The number of aliphatic hydroxyl groups is 1. The normalized spacial score (nSPS) is 12.0. The Hall–Kier alpha value is -2.97. The van der Waals surface area contributed by atoms with Crippen molar-refractivity contribution < 1.29 is 14.4 Å². The van der Waals surface area contributed by atoms with Crippen LogP contribution in [0.3, 0.4) is 0 Å². The van der Waals surface area contributed by atoms with Gasteiger partial charge in [0.05, 0.1) is 18.5 Å². The zero-order valence-corrected chi connectivity index (χ0v) is 14.5. The van der Waals surface area contributed by atoms with E-state index in [1.165, 1.54) is 18.5 Å². The van der Waals surface area contributed by atoms with Crippen LogP contribution in [-0.2, 0) is 0 Å². The van der Waals surface area contributed by atoms with Crippen LogP contribution in [0.2, 0.25) is 5.02 Å². The molecule has 0 aliphatic carbocycles. The number of hydrogen-bond donors (Lipinski definition) is 2. The Morgan fingerprint density at radius 3 is 2.73 bits per heavy atom. The smallest absolute Gasteiger partial charge is 0.284 e. The third-order valence-corrected chi connectivity index (χ3v) is 3.86. The molecular formula is C17H15ClN4O4. The lowest BCUT2D eigenvalue weighted by Crippen LogP contribution is -2.39. The van der Waals surface area contributed by atoms with Crippen molar-refractivity contribution in [2.75, 3.05) is 6.61 Å². The Morgan fingerprint density at radius 2 is 2.12 bits per heavy atom. The van der Waals surface area contributed by atoms with Crippen molar-refractivity contribution in [2.45, 2.75) is 13.0 Å².